The fourth-order valence-corrected chi connectivity index (χ4v) is 2.97. The second kappa shape index (κ2) is 8.51. The number of fused-ring (bicyclic) bond motifs is 1. The Morgan fingerprint density at radius 1 is 1.32 bits per heavy atom. The van der Waals surface area contributed by atoms with E-state index in [1.165, 1.54) is 4.68 Å². The summed E-state index contributed by atoms with van der Waals surface area (Å²) in [7, 11) is 0. The lowest BCUT2D eigenvalue weighted by molar-refractivity contribution is -0.142. The SMILES string of the molecule is CCOc1ccc(NC(=O)NCCn2nc(C(F)(F)F)c3c2CCOC3)cc1. The summed E-state index contributed by atoms with van der Waals surface area (Å²) >= 11 is 0. The summed E-state index contributed by atoms with van der Waals surface area (Å²) in [5, 5.41) is 8.97. The van der Waals surface area contributed by atoms with Crippen molar-refractivity contribution in [1.29, 1.82) is 0 Å². The molecule has 1 aliphatic rings. The topological polar surface area (TPSA) is 77.4 Å². The van der Waals surface area contributed by atoms with E-state index in [0.29, 0.717) is 36.8 Å². The molecule has 2 heterocycles. The number of rotatable bonds is 6. The summed E-state index contributed by atoms with van der Waals surface area (Å²) in [5.74, 6) is 0.696. The van der Waals surface area contributed by atoms with Crippen LogP contribution in [0.4, 0.5) is 23.7 Å². The number of anilines is 1. The van der Waals surface area contributed by atoms with Gasteiger partial charge in [0.05, 0.1) is 26.4 Å². The van der Waals surface area contributed by atoms with Gasteiger partial charge in [0.1, 0.15) is 5.75 Å². The van der Waals surface area contributed by atoms with Crippen LogP contribution in [-0.4, -0.2) is 35.6 Å². The van der Waals surface area contributed by atoms with Crippen LogP contribution in [0.2, 0.25) is 0 Å². The van der Waals surface area contributed by atoms with Gasteiger partial charge in [-0.25, -0.2) is 4.79 Å². The van der Waals surface area contributed by atoms with E-state index in [0.717, 1.165) is 0 Å². The van der Waals surface area contributed by atoms with Crippen LogP contribution >= 0.6 is 0 Å². The molecular weight excluding hydrogens is 377 g/mol. The van der Waals surface area contributed by atoms with Crippen LogP contribution in [0.3, 0.4) is 0 Å². The highest BCUT2D eigenvalue weighted by Gasteiger charge is 2.39. The van der Waals surface area contributed by atoms with Gasteiger partial charge in [0, 0.05) is 29.9 Å². The van der Waals surface area contributed by atoms with Gasteiger partial charge in [0.2, 0.25) is 0 Å². The van der Waals surface area contributed by atoms with Crippen LogP contribution in [-0.2, 0) is 30.5 Å². The lowest BCUT2D eigenvalue weighted by Gasteiger charge is -2.15. The van der Waals surface area contributed by atoms with Gasteiger partial charge in [-0.1, -0.05) is 0 Å². The molecule has 0 radical (unpaired) electrons. The van der Waals surface area contributed by atoms with Crippen LogP contribution < -0.4 is 15.4 Å². The normalized spacial score (nSPS) is 13.7. The molecule has 0 spiro atoms. The molecule has 3 rings (SSSR count). The first-order chi connectivity index (χ1) is 13.4. The van der Waals surface area contributed by atoms with Crippen molar-refractivity contribution in [1.82, 2.24) is 15.1 Å². The molecule has 2 N–H and O–H groups in total. The van der Waals surface area contributed by atoms with Crippen molar-refractivity contribution in [3.8, 4) is 5.75 Å². The molecule has 2 amide bonds. The first kappa shape index (κ1) is 20.0. The van der Waals surface area contributed by atoms with Crippen LogP contribution in [0.5, 0.6) is 5.75 Å². The first-order valence-electron chi connectivity index (χ1n) is 8.89. The number of aromatic nitrogens is 2. The van der Waals surface area contributed by atoms with Crippen LogP contribution in [0.25, 0.3) is 0 Å². The highest BCUT2D eigenvalue weighted by Crippen LogP contribution is 2.34. The molecule has 0 bridgehead atoms. The molecule has 0 fully saturated rings. The molecule has 0 saturated carbocycles. The minimum atomic E-state index is -4.53. The lowest BCUT2D eigenvalue weighted by Crippen LogP contribution is -2.32. The molecule has 152 valence electrons. The zero-order chi connectivity index (χ0) is 20.1. The smallest absolute Gasteiger partial charge is 0.435 e. The quantitative estimate of drug-likeness (QED) is 0.784. The zero-order valence-corrected chi connectivity index (χ0v) is 15.3. The van der Waals surface area contributed by atoms with E-state index < -0.39 is 17.9 Å². The highest BCUT2D eigenvalue weighted by atomic mass is 19.4. The van der Waals surface area contributed by atoms with Crippen molar-refractivity contribution in [3.05, 3.63) is 41.2 Å². The van der Waals surface area contributed by atoms with E-state index >= 15 is 0 Å². The number of carbonyl (C=O) groups excluding carboxylic acids is 1. The van der Waals surface area contributed by atoms with Gasteiger partial charge in [-0.05, 0) is 31.2 Å². The van der Waals surface area contributed by atoms with E-state index in [1.54, 1.807) is 24.3 Å². The van der Waals surface area contributed by atoms with Gasteiger partial charge in [-0.15, -0.1) is 0 Å². The third kappa shape index (κ3) is 4.75. The second-order valence-electron chi connectivity index (χ2n) is 6.14. The third-order valence-electron chi connectivity index (χ3n) is 4.20. The maximum absolute atomic E-state index is 13.1. The van der Waals surface area contributed by atoms with E-state index in [-0.39, 0.29) is 25.3 Å². The number of alkyl halides is 3. The van der Waals surface area contributed by atoms with E-state index in [2.05, 4.69) is 15.7 Å². The van der Waals surface area contributed by atoms with Gasteiger partial charge in [0.15, 0.2) is 5.69 Å². The Bertz CT molecular complexity index is 819. The van der Waals surface area contributed by atoms with Crippen molar-refractivity contribution >= 4 is 11.7 Å². The summed E-state index contributed by atoms with van der Waals surface area (Å²) in [5.41, 5.74) is 0.250. The largest absolute Gasteiger partial charge is 0.494 e. The Morgan fingerprint density at radius 2 is 2.07 bits per heavy atom. The predicted molar refractivity (Wildman–Crippen MR) is 95.2 cm³/mol. The van der Waals surface area contributed by atoms with Gasteiger partial charge in [-0.3, -0.25) is 4.68 Å². The fraction of sp³-hybridized carbons (Fsp3) is 0.444. The average molecular weight is 398 g/mol. The summed E-state index contributed by atoms with van der Waals surface area (Å²) in [6.07, 6.45) is -4.18. The predicted octanol–water partition coefficient (Wildman–Crippen LogP) is 3.20. The standard InChI is InChI=1S/C18H21F3N4O3/c1-2-28-13-5-3-12(4-6-13)23-17(26)22-8-9-25-15-7-10-27-11-14(15)16(24-25)18(19,20)21/h3-6H,2,7-11H2,1H3,(H2,22,23,26). The van der Waals surface area contributed by atoms with Gasteiger partial charge in [-0.2, -0.15) is 18.3 Å². The van der Waals surface area contributed by atoms with Crippen molar-refractivity contribution < 1.29 is 27.4 Å². The van der Waals surface area contributed by atoms with Crippen molar-refractivity contribution in [2.75, 3.05) is 25.1 Å². The number of ether oxygens (including phenoxy) is 2. The number of hydrogen-bond acceptors (Lipinski definition) is 4. The summed E-state index contributed by atoms with van der Waals surface area (Å²) < 4.78 is 51.2. The molecule has 0 saturated heterocycles. The number of hydrogen-bond donors (Lipinski definition) is 2. The van der Waals surface area contributed by atoms with Crippen LogP contribution in [0.15, 0.2) is 24.3 Å². The van der Waals surface area contributed by atoms with Gasteiger partial charge in [0.25, 0.3) is 0 Å². The highest BCUT2D eigenvalue weighted by molar-refractivity contribution is 5.89. The molecule has 7 nitrogen and oxygen atoms in total. The Hall–Kier alpha value is -2.75. The minimum Gasteiger partial charge on any atom is -0.494 e. The number of nitrogens with zero attached hydrogens (tertiary/aromatic N) is 2. The van der Waals surface area contributed by atoms with Crippen LogP contribution in [0.1, 0.15) is 23.9 Å². The van der Waals surface area contributed by atoms with E-state index in [9.17, 15) is 18.0 Å². The number of amides is 2. The number of benzene rings is 1. The molecule has 1 aromatic heterocycles. The van der Waals surface area contributed by atoms with Crippen molar-refractivity contribution in [2.24, 2.45) is 0 Å². The molecule has 0 atom stereocenters. The molecule has 10 heteroatoms. The lowest BCUT2D eigenvalue weighted by atomic mass is 10.1. The number of halogens is 3. The summed E-state index contributed by atoms with van der Waals surface area (Å²) in [6.45, 7) is 2.94. The van der Waals surface area contributed by atoms with Crippen LogP contribution in [0, 0.1) is 0 Å². The second-order valence-corrected chi connectivity index (χ2v) is 6.14. The van der Waals surface area contributed by atoms with Crippen molar-refractivity contribution in [3.63, 3.8) is 0 Å². The number of urea groups is 1. The average Bonchev–Trinajstić information content (AvgIpc) is 3.03. The molecule has 1 aromatic carbocycles. The van der Waals surface area contributed by atoms with E-state index in [4.69, 9.17) is 9.47 Å². The maximum Gasteiger partial charge on any atom is 0.435 e. The van der Waals surface area contributed by atoms with Gasteiger partial charge < -0.3 is 20.1 Å². The zero-order valence-electron chi connectivity index (χ0n) is 15.3. The minimum absolute atomic E-state index is 0.0811. The van der Waals surface area contributed by atoms with Gasteiger partial charge >= 0.3 is 12.2 Å². The Labute approximate surface area is 159 Å². The Morgan fingerprint density at radius 3 is 2.75 bits per heavy atom. The molecular formula is C18H21F3N4O3. The monoisotopic (exact) mass is 398 g/mol. The molecule has 1 aliphatic heterocycles. The summed E-state index contributed by atoms with van der Waals surface area (Å²) in [6, 6.07) is 6.41. The summed E-state index contributed by atoms with van der Waals surface area (Å²) in [4.78, 5) is 12.0. The molecule has 0 unspecified atom stereocenters. The fourth-order valence-electron chi connectivity index (χ4n) is 2.97. The maximum atomic E-state index is 13.1. The Balaban J connectivity index is 1.56. The first-order valence-corrected chi connectivity index (χ1v) is 8.89. The van der Waals surface area contributed by atoms with Crippen molar-refractivity contribution in [2.45, 2.75) is 32.7 Å². The number of nitrogens with one attached hydrogen (secondary N) is 2. The number of carbonyl (C=O) groups is 1. The molecule has 0 aliphatic carbocycles. The third-order valence-corrected chi connectivity index (χ3v) is 4.20. The Kier molecular flexibility index (Phi) is 6.08. The molecule has 28 heavy (non-hydrogen) atoms. The molecule has 2 aromatic rings. The van der Waals surface area contributed by atoms with E-state index in [1.807, 2.05) is 6.92 Å².